The normalized spacial score (nSPS) is 11.2. The Hall–Kier alpha value is -2.00. The summed E-state index contributed by atoms with van der Waals surface area (Å²) in [6.45, 7) is 7.85. The topological polar surface area (TPSA) is 109 Å². The summed E-state index contributed by atoms with van der Waals surface area (Å²) in [7, 11) is 0. The fraction of sp³-hybridized carbons (Fsp3) is 0.375. The Bertz CT molecular complexity index is 992. The van der Waals surface area contributed by atoms with Gasteiger partial charge >= 0.3 is 5.97 Å². The summed E-state index contributed by atoms with van der Waals surface area (Å²) in [5.74, 6) is -0.359. The van der Waals surface area contributed by atoms with Gasteiger partial charge < -0.3 is 4.74 Å². The van der Waals surface area contributed by atoms with E-state index >= 15 is 0 Å². The molecule has 0 saturated heterocycles. The van der Waals surface area contributed by atoms with Crippen molar-refractivity contribution in [3.8, 4) is 6.07 Å². The largest absolute Gasteiger partial charge is 0.456 e. The van der Waals surface area contributed by atoms with Gasteiger partial charge in [0.15, 0.2) is 0 Å². The Morgan fingerprint density at radius 2 is 2.19 bits per heavy atom. The number of esters is 1. The molecular weight excluding hydrogens is 404 g/mol. The number of ether oxygens (including phenoxy) is 1. The maximum absolute atomic E-state index is 12.0. The van der Waals surface area contributed by atoms with Gasteiger partial charge in [-0.05, 0) is 27.7 Å². The highest BCUT2D eigenvalue weighted by molar-refractivity contribution is 7.96. The molecule has 3 rings (SSSR count). The van der Waals surface area contributed by atoms with Crippen LogP contribution in [-0.2, 0) is 11.3 Å². The van der Waals surface area contributed by atoms with Crippen molar-refractivity contribution in [2.45, 2.75) is 39.8 Å². The van der Waals surface area contributed by atoms with Crippen molar-refractivity contribution < 1.29 is 9.53 Å². The number of thiazole rings is 1. The second-order valence-electron chi connectivity index (χ2n) is 6.54. The van der Waals surface area contributed by atoms with Crippen LogP contribution in [0.3, 0.4) is 0 Å². The van der Waals surface area contributed by atoms with Crippen molar-refractivity contribution in [1.82, 2.24) is 23.9 Å². The predicted octanol–water partition coefficient (Wildman–Crippen LogP) is 3.27. The summed E-state index contributed by atoms with van der Waals surface area (Å²) >= 11 is 2.65. The highest BCUT2D eigenvalue weighted by Crippen LogP contribution is 2.23. The van der Waals surface area contributed by atoms with Crippen molar-refractivity contribution in [2.24, 2.45) is 0 Å². The minimum atomic E-state index is -0.524. The number of nitriles is 1. The van der Waals surface area contributed by atoms with Gasteiger partial charge in [0.2, 0.25) is 0 Å². The average molecular weight is 425 g/mol. The van der Waals surface area contributed by atoms with Gasteiger partial charge in [-0.25, -0.2) is 23.6 Å². The summed E-state index contributed by atoms with van der Waals surface area (Å²) in [5.41, 5.74) is 2.55. The van der Waals surface area contributed by atoms with E-state index in [-0.39, 0.29) is 19.5 Å². The second-order valence-corrected chi connectivity index (χ2v) is 8.49. The van der Waals surface area contributed by atoms with Crippen molar-refractivity contribution in [3.63, 3.8) is 0 Å². The summed E-state index contributed by atoms with van der Waals surface area (Å²) < 4.78 is 10.3. The summed E-state index contributed by atoms with van der Waals surface area (Å²) in [6.07, 6.45) is 3.20. The zero-order valence-corrected chi connectivity index (χ0v) is 17.9. The number of H-pyrrole nitrogens is 1. The molecule has 0 aliphatic rings. The highest BCUT2D eigenvalue weighted by atomic mass is 32.2. The lowest BCUT2D eigenvalue weighted by atomic mass is 10.2. The number of carbonyl (C=O) groups is 1. The third-order valence-electron chi connectivity index (χ3n) is 3.37. The molecule has 0 atom stereocenters. The first kappa shape index (κ1) is 21.3. The number of pyridine rings is 1. The molecule has 3 aromatic heterocycles. The molecule has 0 fully saturated rings. The number of nitrogens with zero attached hydrogens (tertiary/aromatic N) is 4. The van der Waals surface area contributed by atoms with Crippen LogP contribution in [0.25, 0.3) is 11.0 Å². The van der Waals surface area contributed by atoms with E-state index in [1.54, 1.807) is 6.20 Å². The van der Waals surface area contributed by atoms with Gasteiger partial charge in [0, 0.05) is 5.56 Å². The molecule has 11 heteroatoms. The molecule has 0 spiro atoms. The van der Waals surface area contributed by atoms with Gasteiger partial charge in [0.25, 0.3) is 0 Å². The number of hydrogen-bond donors (Lipinski definition) is 2. The maximum atomic E-state index is 12.0. The van der Waals surface area contributed by atoms with E-state index in [1.807, 2.05) is 31.8 Å². The van der Waals surface area contributed by atoms with Gasteiger partial charge in [-0.15, -0.1) is 11.3 Å². The fourth-order valence-corrected chi connectivity index (χ4v) is 3.69. The second kappa shape index (κ2) is 8.35. The van der Waals surface area contributed by atoms with Gasteiger partial charge in [-0.1, -0.05) is 0 Å². The number of aryl methyl sites for hydroxylation is 1. The first-order valence-corrected chi connectivity index (χ1v) is 9.42. The molecule has 144 valence electrons. The minimum absolute atomic E-state index is 0. The molecule has 0 amide bonds. The number of aromatic nitrogens is 4. The summed E-state index contributed by atoms with van der Waals surface area (Å²) in [6, 6.07) is 2.07. The summed E-state index contributed by atoms with van der Waals surface area (Å²) in [4.78, 5) is 20.9. The van der Waals surface area contributed by atoms with Crippen LogP contribution in [0.4, 0.5) is 0 Å². The van der Waals surface area contributed by atoms with Crippen LogP contribution in [0.5, 0.6) is 0 Å². The Kier molecular flexibility index (Phi) is 6.59. The molecule has 3 aromatic rings. The van der Waals surface area contributed by atoms with E-state index in [0.29, 0.717) is 17.1 Å². The number of fused-ring (bicyclic) bond motifs is 1. The van der Waals surface area contributed by atoms with Crippen molar-refractivity contribution in [3.05, 3.63) is 33.5 Å². The van der Waals surface area contributed by atoms with Crippen LogP contribution in [0, 0.1) is 18.3 Å². The first-order valence-electron chi connectivity index (χ1n) is 7.83. The lowest BCUT2D eigenvalue weighted by Crippen LogP contribution is -2.23. The Morgan fingerprint density at radius 3 is 2.85 bits per heavy atom. The molecule has 0 aliphatic heterocycles. The van der Waals surface area contributed by atoms with E-state index in [9.17, 15) is 4.79 Å². The highest BCUT2D eigenvalue weighted by Gasteiger charge is 2.20. The number of carbonyl (C=O) groups excluding carboxylic acids is 1. The standard InChI is InChI=1S/C16H18N6O2S2.H2S/c1-9-10(5-17)18-6-11-14(9)21-22(11)26-20-8-13-19-7-12(25-13)15(23)24-16(2,3)4;/h6-7,20-21H,8H2,1-4H3;1H2. The molecular formula is C16H20N6O2S3. The van der Waals surface area contributed by atoms with Crippen molar-refractivity contribution >= 4 is 54.0 Å². The summed E-state index contributed by atoms with van der Waals surface area (Å²) in [5, 5.41) is 12.9. The van der Waals surface area contributed by atoms with Crippen molar-refractivity contribution in [1.29, 1.82) is 5.26 Å². The number of rotatable bonds is 5. The molecule has 0 bridgehead atoms. The van der Waals surface area contributed by atoms with E-state index < -0.39 is 5.60 Å². The number of nitrogens with one attached hydrogen (secondary N) is 2. The molecule has 2 N–H and O–H groups in total. The van der Waals surface area contributed by atoms with Crippen LogP contribution < -0.4 is 4.72 Å². The van der Waals surface area contributed by atoms with Gasteiger partial charge in [0.1, 0.15) is 32.8 Å². The molecule has 0 saturated carbocycles. The number of hydrogen-bond acceptors (Lipinski definition) is 8. The van der Waals surface area contributed by atoms with Crippen LogP contribution in [0.1, 0.15) is 46.7 Å². The average Bonchev–Trinajstić information content (AvgIpc) is 3.00. The SMILES string of the molecule is Cc1c(C#N)ncc2c1[nH]n2SNCc1ncc(C(=O)OC(C)(C)C)s1.S. The van der Waals surface area contributed by atoms with Gasteiger partial charge in [-0.3, -0.25) is 5.10 Å². The Balaban J connectivity index is 0.00000261. The Morgan fingerprint density at radius 1 is 1.44 bits per heavy atom. The molecule has 0 radical (unpaired) electrons. The van der Waals surface area contributed by atoms with Crippen LogP contribution in [0.2, 0.25) is 0 Å². The van der Waals surface area contributed by atoms with Gasteiger partial charge in [-0.2, -0.15) is 18.8 Å². The van der Waals surface area contributed by atoms with Crippen LogP contribution in [0.15, 0.2) is 12.4 Å². The predicted molar refractivity (Wildman–Crippen MR) is 111 cm³/mol. The molecule has 8 nitrogen and oxygen atoms in total. The quantitative estimate of drug-likeness (QED) is 0.478. The van der Waals surface area contributed by atoms with Crippen LogP contribution in [-0.4, -0.2) is 30.7 Å². The Labute approximate surface area is 172 Å². The molecule has 0 aromatic carbocycles. The lowest BCUT2D eigenvalue weighted by Gasteiger charge is -2.18. The van der Waals surface area contributed by atoms with E-state index in [1.165, 1.54) is 29.7 Å². The zero-order valence-electron chi connectivity index (χ0n) is 15.3. The monoisotopic (exact) mass is 424 g/mol. The molecule has 27 heavy (non-hydrogen) atoms. The van der Waals surface area contributed by atoms with E-state index in [0.717, 1.165) is 21.6 Å². The van der Waals surface area contributed by atoms with Crippen molar-refractivity contribution in [2.75, 3.05) is 0 Å². The maximum Gasteiger partial charge on any atom is 0.350 e. The van der Waals surface area contributed by atoms with Crippen LogP contribution >= 0.6 is 37.0 Å². The van der Waals surface area contributed by atoms with E-state index in [4.69, 9.17) is 10.00 Å². The third kappa shape index (κ3) is 4.84. The molecule has 0 aliphatic carbocycles. The lowest BCUT2D eigenvalue weighted by molar-refractivity contribution is 0.00749. The fourth-order valence-electron chi connectivity index (χ4n) is 2.16. The van der Waals surface area contributed by atoms with Gasteiger partial charge in [0.05, 0.1) is 36.6 Å². The molecule has 3 heterocycles. The zero-order chi connectivity index (χ0) is 18.9. The smallest absolute Gasteiger partial charge is 0.350 e. The van der Waals surface area contributed by atoms with E-state index in [2.05, 4.69) is 25.9 Å². The number of aromatic amines is 1. The minimum Gasteiger partial charge on any atom is -0.456 e. The third-order valence-corrected chi connectivity index (χ3v) is 5.09. The molecule has 0 unspecified atom stereocenters. The first-order chi connectivity index (χ1) is 12.3.